The van der Waals surface area contributed by atoms with Crippen molar-refractivity contribution in [2.45, 2.75) is 91.2 Å². The molecular weight excluding hydrogens is 833 g/mol. The largest absolute Gasteiger partial charge is 0.466 e. The molecule has 3 saturated heterocycles. The van der Waals surface area contributed by atoms with E-state index in [9.17, 15) is 28.8 Å². The standard InChI is InChI=1S/C33H41N5O6.C14H27N3O3.CH4/c1-21-8-13-36(14-9-21)30(39)28(20-23-18-22(2)29-27(19-23)43-32(41)35(29)3)44-33(42)37-15-11-25(12-16-37)38-17-10-24-6-4-5-7-26(24)34-31(38)40;1-15(2)7-4-12-20-14(19)6-5-13(18)17-10-8-16(3)9-11-17;/h4-7,18-19,21,25,28H,8-17,20H2,1-3H3,(H,34,40);4-12H2,1-3H3;1H4/t28-;;/m1../s1. The second kappa shape index (κ2) is 23.7. The second-order valence-corrected chi connectivity index (χ2v) is 18.1. The third-order valence-electron chi connectivity index (χ3n) is 12.9. The number of nitrogens with one attached hydrogen (secondary N) is 1. The number of fused-ring (bicyclic) bond motifs is 2. The van der Waals surface area contributed by atoms with Crippen LogP contribution in [0.4, 0.5) is 15.3 Å². The van der Waals surface area contributed by atoms with Gasteiger partial charge in [-0.05, 0) is 101 Å². The van der Waals surface area contributed by atoms with E-state index in [2.05, 4.69) is 17.1 Å². The molecule has 1 N–H and O–H groups in total. The molecule has 5 amide bonds. The number of anilines is 1. The lowest BCUT2D eigenvalue weighted by Gasteiger charge is -2.38. The summed E-state index contributed by atoms with van der Waals surface area (Å²) in [6.45, 7) is 11.5. The molecule has 1 atom stereocenters. The van der Waals surface area contributed by atoms with Gasteiger partial charge < -0.3 is 48.6 Å². The van der Waals surface area contributed by atoms with E-state index in [4.69, 9.17) is 13.9 Å². The Hall–Kier alpha value is -5.42. The summed E-state index contributed by atoms with van der Waals surface area (Å²) in [5.41, 5.74) is 4.72. The number of oxazole rings is 1. The molecule has 4 aliphatic heterocycles. The first-order valence-electron chi connectivity index (χ1n) is 22.9. The fourth-order valence-corrected chi connectivity index (χ4v) is 8.88. The number of likely N-dealkylation sites (tertiary alicyclic amines) is 2. The zero-order valence-electron chi connectivity index (χ0n) is 38.6. The number of piperidine rings is 2. The average molecular weight is 905 g/mol. The van der Waals surface area contributed by atoms with Crippen molar-refractivity contribution >= 4 is 46.7 Å². The van der Waals surface area contributed by atoms with E-state index in [0.717, 1.165) is 80.8 Å². The number of hydrogen-bond donors (Lipinski definition) is 1. The fraction of sp³-hybridized carbons (Fsp3) is 0.625. The Balaban J connectivity index is 0.000000319. The van der Waals surface area contributed by atoms with Gasteiger partial charge in [-0.2, -0.15) is 0 Å². The number of nitrogens with zero attached hydrogens (tertiary/aromatic N) is 7. The number of benzene rings is 2. The van der Waals surface area contributed by atoms with Crippen LogP contribution in [0.15, 0.2) is 45.6 Å². The molecule has 0 aliphatic carbocycles. The Kier molecular flexibility index (Phi) is 18.4. The summed E-state index contributed by atoms with van der Waals surface area (Å²) in [5.74, 6) is -0.317. The molecule has 2 aromatic carbocycles. The summed E-state index contributed by atoms with van der Waals surface area (Å²) < 4.78 is 18.0. The third kappa shape index (κ3) is 13.8. The molecule has 65 heavy (non-hydrogen) atoms. The first-order valence-corrected chi connectivity index (χ1v) is 22.9. The molecule has 4 aliphatic rings. The number of aromatic nitrogens is 1. The number of aryl methyl sites for hydroxylation is 2. The smallest absolute Gasteiger partial charge is 0.419 e. The number of likely N-dealkylation sites (N-methyl/N-ethyl adjacent to an activating group) is 1. The van der Waals surface area contributed by atoms with E-state index in [1.807, 2.05) is 73.1 Å². The van der Waals surface area contributed by atoms with Gasteiger partial charge in [0.2, 0.25) is 5.91 Å². The Bertz CT molecular complexity index is 2150. The monoisotopic (exact) mass is 905 g/mol. The van der Waals surface area contributed by atoms with Gasteiger partial charge in [-0.15, -0.1) is 0 Å². The van der Waals surface area contributed by atoms with Gasteiger partial charge in [0, 0.05) is 97.1 Å². The Morgan fingerprint density at radius 3 is 2.23 bits per heavy atom. The number of amides is 5. The van der Waals surface area contributed by atoms with Gasteiger partial charge in [0.05, 0.1) is 18.5 Å². The Morgan fingerprint density at radius 2 is 1.54 bits per heavy atom. The summed E-state index contributed by atoms with van der Waals surface area (Å²) in [4.78, 5) is 87.2. The zero-order chi connectivity index (χ0) is 45.9. The van der Waals surface area contributed by atoms with Crippen molar-refractivity contribution in [2.75, 3.05) is 98.5 Å². The molecule has 0 saturated carbocycles. The van der Waals surface area contributed by atoms with E-state index < -0.39 is 18.0 Å². The lowest BCUT2D eigenvalue weighted by molar-refractivity contribution is -0.146. The van der Waals surface area contributed by atoms with Crippen LogP contribution in [0.3, 0.4) is 0 Å². The topological polar surface area (TPSA) is 170 Å². The minimum absolute atomic E-state index is 0. The minimum atomic E-state index is -1.00. The summed E-state index contributed by atoms with van der Waals surface area (Å²) in [6.07, 6.45) is 3.78. The summed E-state index contributed by atoms with van der Waals surface area (Å²) >= 11 is 0. The molecule has 5 heterocycles. The molecule has 3 aromatic rings. The van der Waals surface area contributed by atoms with Crippen molar-refractivity contribution in [2.24, 2.45) is 13.0 Å². The minimum Gasteiger partial charge on any atom is -0.466 e. The number of hydrogen-bond acceptors (Lipinski definition) is 11. The van der Waals surface area contributed by atoms with Crippen molar-refractivity contribution in [3.8, 4) is 0 Å². The maximum atomic E-state index is 13.8. The van der Waals surface area contributed by atoms with Crippen molar-refractivity contribution in [1.29, 1.82) is 0 Å². The molecule has 358 valence electrons. The highest BCUT2D eigenvalue weighted by molar-refractivity contribution is 5.91. The number of piperazine rings is 1. The molecule has 0 unspecified atom stereocenters. The second-order valence-electron chi connectivity index (χ2n) is 18.1. The molecule has 17 nitrogen and oxygen atoms in total. The van der Waals surface area contributed by atoms with Gasteiger partial charge in [-0.3, -0.25) is 19.0 Å². The van der Waals surface area contributed by atoms with E-state index in [-0.39, 0.29) is 56.5 Å². The van der Waals surface area contributed by atoms with Crippen molar-refractivity contribution in [3.63, 3.8) is 0 Å². The van der Waals surface area contributed by atoms with Crippen LogP contribution < -0.4 is 11.1 Å². The number of urea groups is 1. The maximum Gasteiger partial charge on any atom is 0.419 e. The maximum absolute atomic E-state index is 13.8. The lowest BCUT2D eigenvalue weighted by atomic mass is 9.98. The molecule has 3 fully saturated rings. The molecule has 0 radical (unpaired) electrons. The predicted octanol–water partition coefficient (Wildman–Crippen LogP) is 4.97. The highest BCUT2D eigenvalue weighted by Gasteiger charge is 2.35. The van der Waals surface area contributed by atoms with Crippen molar-refractivity contribution in [3.05, 3.63) is 63.6 Å². The van der Waals surface area contributed by atoms with Crippen LogP contribution in [0.25, 0.3) is 11.1 Å². The average Bonchev–Trinajstić information content (AvgIpc) is 3.45. The molecule has 17 heteroatoms. The molecule has 0 bridgehead atoms. The summed E-state index contributed by atoms with van der Waals surface area (Å²) in [7, 11) is 7.67. The van der Waals surface area contributed by atoms with Gasteiger partial charge in [0.25, 0.3) is 5.91 Å². The fourth-order valence-electron chi connectivity index (χ4n) is 8.88. The van der Waals surface area contributed by atoms with Gasteiger partial charge in [-0.25, -0.2) is 14.4 Å². The SMILES string of the molecule is C.CN(C)CCCOC(=O)CCC(=O)N1CCN(C)CC1.Cc1cc(C[C@@H](OC(=O)N2CCC(N3CCc4ccccc4NC3=O)CC2)C(=O)N2CCC(C)CC2)cc2oc(=O)n(C)c12. The number of para-hydroxylation sites is 1. The van der Waals surface area contributed by atoms with Crippen molar-refractivity contribution in [1.82, 2.24) is 34.0 Å². The van der Waals surface area contributed by atoms with Crippen LogP contribution >= 0.6 is 0 Å². The van der Waals surface area contributed by atoms with Crippen LogP contribution in [-0.4, -0.2) is 169 Å². The number of esters is 1. The van der Waals surface area contributed by atoms with E-state index in [1.165, 1.54) is 4.57 Å². The van der Waals surface area contributed by atoms with Crippen LogP contribution in [-0.2, 0) is 43.7 Å². The predicted molar refractivity (Wildman–Crippen MR) is 250 cm³/mol. The van der Waals surface area contributed by atoms with Gasteiger partial charge in [0.1, 0.15) is 0 Å². The summed E-state index contributed by atoms with van der Waals surface area (Å²) in [5, 5.41) is 3.03. The first kappa shape index (κ1) is 50.6. The third-order valence-corrected chi connectivity index (χ3v) is 12.9. The highest BCUT2D eigenvalue weighted by Crippen LogP contribution is 2.27. The molecule has 1 aromatic heterocycles. The number of carbonyl (C=O) groups excluding carboxylic acids is 5. The Morgan fingerprint density at radius 1 is 0.862 bits per heavy atom. The van der Waals surface area contributed by atoms with Gasteiger partial charge >= 0.3 is 23.8 Å². The molecule has 0 spiro atoms. The van der Waals surface area contributed by atoms with Crippen LogP contribution in [0.5, 0.6) is 0 Å². The van der Waals surface area contributed by atoms with E-state index in [1.54, 1.807) is 22.9 Å². The highest BCUT2D eigenvalue weighted by atomic mass is 16.6. The van der Waals surface area contributed by atoms with Gasteiger partial charge in [0.15, 0.2) is 11.7 Å². The van der Waals surface area contributed by atoms with Crippen molar-refractivity contribution < 1.29 is 37.9 Å². The number of ether oxygens (including phenoxy) is 2. The van der Waals surface area contributed by atoms with Crippen LogP contribution in [0.2, 0.25) is 0 Å². The normalized spacial score (nSPS) is 17.9. The molecule has 7 rings (SSSR count). The van der Waals surface area contributed by atoms with E-state index >= 15 is 0 Å². The first-order chi connectivity index (χ1) is 30.7. The van der Waals surface area contributed by atoms with Crippen LogP contribution in [0.1, 0.15) is 76.0 Å². The zero-order valence-corrected chi connectivity index (χ0v) is 38.6. The summed E-state index contributed by atoms with van der Waals surface area (Å²) in [6, 6.07) is 11.4. The number of carbonyl (C=O) groups is 5. The van der Waals surface area contributed by atoms with E-state index in [0.29, 0.717) is 69.2 Å². The Labute approximate surface area is 383 Å². The molecular formula is C48H72N8O9. The number of rotatable bonds is 12. The quantitative estimate of drug-likeness (QED) is 0.192. The van der Waals surface area contributed by atoms with Crippen LogP contribution in [0, 0.1) is 12.8 Å². The van der Waals surface area contributed by atoms with Gasteiger partial charge in [-0.1, -0.05) is 38.6 Å². The lowest BCUT2D eigenvalue weighted by Crippen LogP contribution is -2.51.